The number of thiazole rings is 1. The predicted molar refractivity (Wildman–Crippen MR) is 120 cm³/mol. The summed E-state index contributed by atoms with van der Waals surface area (Å²) in [6, 6.07) is 19.7. The first-order valence-electron chi connectivity index (χ1n) is 9.41. The number of carbonyl (C=O) groups is 1. The summed E-state index contributed by atoms with van der Waals surface area (Å²) in [6.45, 7) is 6.15. The van der Waals surface area contributed by atoms with Crippen molar-refractivity contribution >= 4 is 17.3 Å². The third kappa shape index (κ3) is 3.71. The fourth-order valence-corrected chi connectivity index (χ4v) is 4.41. The highest BCUT2D eigenvalue weighted by Gasteiger charge is 2.16. The van der Waals surface area contributed by atoms with Gasteiger partial charge in [0.1, 0.15) is 5.01 Å². The predicted octanol–water partition coefficient (Wildman–Crippen LogP) is 6.77. The van der Waals surface area contributed by atoms with Gasteiger partial charge in [0.25, 0.3) is 0 Å². The highest BCUT2D eigenvalue weighted by Crippen LogP contribution is 2.34. The molecule has 0 spiro atoms. The zero-order valence-electron chi connectivity index (χ0n) is 16.6. The van der Waals surface area contributed by atoms with Crippen LogP contribution in [0.15, 0.2) is 66.0 Å². The lowest BCUT2D eigenvalue weighted by Gasteiger charge is -2.10. The Hall–Kier alpha value is -3.24. The molecule has 0 saturated heterocycles. The molecule has 3 nitrogen and oxygen atoms in total. The number of aryl methyl sites for hydroxylation is 3. The molecule has 0 saturated carbocycles. The van der Waals surface area contributed by atoms with Crippen molar-refractivity contribution in [1.82, 2.24) is 4.98 Å². The molecule has 4 heteroatoms. The van der Waals surface area contributed by atoms with Gasteiger partial charge in [-0.2, -0.15) is 0 Å². The van der Waals surface area contributed by atoms with Crippen LogP contribution in [0, 0.1) is 20.8 Å². The van der Waals surface area contributed by atoms with Gasteiger partial charge in [-0.1, -0.05) is 60.2 Å². The van der Waals surface area contributed by atoms with Crippen LogP contribution in [0.4, 0.5) is 0 Å². The normalized spacial score (nSPS) is 10.9. The van der Waals surface area contributed by atoms with Gasteiger partial charge in [0.15, 0.2) is 0 Å². The highest BCUT2D eigenvalue weighted by molar-refractivity contribution is 7.13. The summed E-state index contributed by atoms with van der Waals surface area (Å²) in [5, 5.41) is 12.7. The Morgan fingerprint density at radius 3 is 2.34 bits per heavy atom. The summed E-state index contributed by atoms with van der Waals surface area (Å²) in [7, 11) is 0. The first kappa shape index (κ1) is 19.1. The van der Waals surface area contributed by atoms with Crippen molar-refractivity contribution in [1.29, 1.82) is 0 Å². The maximum atomic E-state index is 12.0. The number of hydrogen-bond donors (Lipinski definition) is 1. The van der Waals surface area contributed by atoms with Crippen LogP contribution in [0.5, 0.6) is 0 Å². The maximum Gasteiger partial charge on any atom is 0.336 e. The summed E-state index contributed by atoms with van der Waals surface area (Å²) in [6.07, 6.45) is 0. The van der Waals surface area contributed by atoms with Crippen LogP contribution < -0.4 is 0 Å². The van der Waals surface area contributed by atoms with E-state index >= 15 is 0 Å². The Morgan fingerprint density at radius 1 is 0.862 bits per heavy atom. The Kier molecular flexibility index (Phi) is 5.03. The maximum absolute atomic E-state index is 12.0. The second kappa shape index (κ2) is 7.64. The van der Waals surface area contributed by atoms with E-state index in [0.717, 1.165) is 38.5 Å². The van der Waals surface area contributed by atoms with Gasteiger partial charge >= 0.3 is 5.97 Å². The molecule has 1 heterocycles. The van der Waals surface area contributed by atoms with Crippen LogP contribution >= 0.6 is 11.3 Å². The first-order valence-corrected chi connectivity index (χ1v) is 10.3. The summed E-state index contributed by atoms with van der Waals surface area (Å²) in [5.41, 5.74) is 8.25. The zero-order chi connectivity index (χ0) is 20.5. The molecule has 0 aliphatic carbocycles. The van der Waals surface area contributed by atoms with Crippen LogP contribution in [-0.4, -0.2) is 16.1 Å². The molecule has 4 aromatic rings. The van der Waals surface area contributed by atoms with Crippen molar-refractivity contribution in [3.8, 4) is 33.0 Å². The van der Waals surface area contributed by atoms with E-state index in [9.17, 15) is 9.90 Å². The van der Waals surface area contributed by atoms with E-state index in [1.165, 1.54) is 22.5 Å². The molecule has 1 N–H and O–H groups in total. The van der Waals surface area contributed by atoms with Gasteiger partial charge in [-0.05, 0) is 49.1 Å². The summed E-state index contributed by atoms with van der Waals surface area (Å²) in [4.78, 5) is 16.8. The number of carboxylic acid groups (broad SMARTS) is 1. The molecule has 4 rings (SSSR count). The van der Waals surface area contributed by atoms with Crippen LogP contribution in [0.3, 0.4) is 0 Å². The largest absolute Gasteiger partial charge is 0.478 e. The van der Waals surface area contributed by atoms with Crippen molar-refractivity contribution in [3.63, 3.8) is 0 Å². The lowest BCUT2D eigenvalue weighted by molar-refractivity contribution is 0.0698. The molecule has 144 valence electrons. The number of aromatic nitrogens is 1. The second-order valence-electron chi connectivity index (χ2n) is 7.24. The highest BCUT2D eigenvalue weighted by atomic mass is 32.1. The van der Waals surface area contributed by atoms with Crippen molar-refractivity contribution in [2.75, 3.05) is 0 Å². The van der Waals surface area contributed by atoms with Crippen molar-refractivity contribution in [3.05, 3.63) is 88.3 Å². The minimum absolute atomic E-state index is 0.292. The smallest absolute Gasteiger partial charge is 0.336 e. The summed E-state index contributed by atoms with van der Waals surface area (Å²) in [5.74, 6) is -0.934. The third-order valence-electron chi connectivity index (χ3n) is 5.09. The standard InChI is InChI=1S/C25H21NO2S/c1-15-8-10-20(17(3)12-15)23-14-29-24(26-23)18-9-11-21(22(13-18)25(27)28)19-7-5-4-6-16(19)2/h4-14H,1-3H3,(H,27,28). The average Bonchev–Trinajstić information content (AvgIpc) is 3.18. The molecule has 0 radical (unpaired) electrons. The zero-order valence-corrected chi connectivity index (χ0v) is 17.4. The fraction of sp³-hybridized carbons (Fsp3) is 0.120. The van der Waals surface area contributed by atoms with E-state index in [2.05, 4.69) is 32.0 Å². The molecule has 0 aliphatic rings. The van der Waals surface area contributed by atoms with E-state index in [1.807, 2.05) is 48.7 Å². The summed E-state index contributed by atoms with van der Waals surface area (Å²) < 4.78 is 0. The van der Waals surface area contributed by atoms with E-state index in [-0.39, 0.29) is 0 Å². The second-order valence-corrected chi connectivity index (χ2v) is 8.09. The molecule has 3 aromatic carbocycles. The van der Waals surface area contributed by atoms with Gasteiger partial charge in [0, 0.05) is 16.5 Å². The quantitative estimate of drug-likeness (QED) is 0.412. The molecule has 0 unspecified atom stereocenters. The lowest BCUT2D eigenvalue weighted by atomic mass is 9.94. The Labute approximate surface area is 174 Å². The molecule has 29 heavy (non-hydrogen) atoms. The summed E-state index contributed by atoms with van der Waals surface area (Å²) >= 11 is 1.53. The monoisotopic (exact) mass is 399 g/mol. The number of hydrogen-bond acceptors (Lipinski definition) is 3. The number of carboxylic acids is 1. The van der Waals surface area contributed by atoms with E-state index in [0.29, 0.717) is 5.56 Å². The molecule has 0 aliphatic heterocycles. The minimum atomic E-state index is -0.934. The minimum Gasteiger partial charge on any atom is -0.478 e. The van der Waals surface area contributed by atoms with Gasteiger partial charge in [-0.25, -0.2) is 9.78 Å². The fourth-order valence-electron chi connectivity index (χ4n) is 3.60. The Balaban J connectivity index is 1.77. The van der Waals surface area contributed by atoms with Gasteiger partial charge in [-0.15, -0.1) is 11.3 Å². The third-order valence-corrected chi connectivity index (χ3v) is 5.99. The van der Waals surface area contributed by atoms with Crippen molar-refractivity contribution in [2.24, 2.45) is 0 Å². The van der Waals surface area contributed by atoms with Crippen LogP contribution in [-0.2, 0) is 0 Å². The van der Waals surface area contributed by atoms with E-state index in [1.54, 1.807) is 6.07 Å². The number of nitrogens with zero attached hydrogens (tertiary/aromatic N) is 1. The molecule has 1 aromatic heterocycles. The first-order chi connectivity index (χ1) is 13.9. The lowest BCUT2D eigenvalue weighted by Crippen LogP contribution is -2.01. The van der Waals surface area contributed by atoms with Gasteiger partial charge in [0.2, 0.25) is 0 Å². The molecule has 0 atom stereocenters. The molecular weight excluding hydrogens is 378 g/mol. The van der Waals surface area contributed by atoms with Gasteiger partial charge in [-0.3, -0.25) is 0 Å². The molecule has 0 fully saturated rings. The van der Waals surface area contributed by atoms with Crippen LogP contribution in [0.2, 0.25) is 0 Å². The SMILES string of the molecule is Cc1ccc(-c2csc(-c3ccc(-c4ccccc4C)c(C(=O)O)c3)n2)c(C)c1. The topological polar surface area (TPSA) is 50.2 Å². The Morgan fingerprint density at radius 2 is 1.62 bits per heavy atom. The number of aromatic carboxylic acids is 1. The van der Waals surface area contributed by atoms with E-state index in [4.69, 9.17) is 4.98 Å². The number of benzene rings is 3. The average molecular weight is 400 g/mol. The van der Waals surface area contributed by atoms with Gasteiger partial charge < -0.3 is 5.11 Å². The molecule has 0 amide bonds. The number of rotatable bonds is 4. The van der Waals surface area contributed by atoms with E-state index < -0.39 is 5.97 Å². The van der Waals surface area contributed by atoms with Crippen molar-refractivity contribution in [2.45, 2.75) is 20.8 Å². The van der Waals surface area contributed by atoms with Gasteiger partial charge in [0.05, 0.1) is 11.3 Å². The van der Waals surface area contributed by atoms with Crippen molar-refractivity contribution < 1.29 is 9.90 Å². The van der Waals surface area contributed by atoms with Crippen LogP contribution in [0.1, 0.15) is 27.0 Å². The molecule has 0 bridgehead atoms. The molecular formula is C25H21NO2S. The Bertz CT molecular complexity index is 1220. The van der Waals surface area contributed by atoms with Crippen LogP contribution in [0.25, 0.3) is 33.0 Å².